The Morgan fingerprint density at radius 2 is 2.19 bits per heavy atom. The van der Waals surface area contributed by atoms with Gasteiger partial charge >= 0.3 is 0 Å². The molecule has 1 aliphatic carbocycles. The highest BCUT2D eigenvalue weighted by Gasteiger charge is 2.29. The molecule has 1 aromatic rings. The van der Waals surface area contributed by atoms with E-state index in [0.29, 0.717) is 18.5 Å². The molecule has 1 amide bonds. The Bertz CT molecular complexity index is 470. The number of ether oxygens (including phenoxy) is 1. The molecule has 0 heterocycles. The third-order valence-corrected chi connectivity index (χ3v) is 3.76. The Balaban J connectivity index is 1.86. The Morgan fingerprint density at radius 3 is 2.81 bits per heavy atom. The summed E-state index contributed by atoms with van der Waals surface area (Å²) < 4.78 is 5.17. The quantitative estimate of drug-likeness (QED) is 0.799. The number of methoxy groups -OCH3 is 1. The summed E-state index contributed by atoms with van der Waals surface area (Å²) in [6.45, 7) is 5.94. The summed E-state index contributed by atoms with van der Waals surface area (Å²) in [5, 5.41) is 2.96. The van der Waals surface area contributed by atoms with Crippen LogP contribution in [0.5, 0.6) is 5.75 Å². The van der Waals surface area contributed by atoms with Crippen molar-refractivity contribution in [3.05, 3.63) is 24.3 Å². The molecule has 0 spiro atoms. The fraction of sp³-hybridized carbons (Fsp3) is 0.588. The van der Waals surface area contributed by atoms with Gasteiger partial charge in [0.25, 0.3) is 0 Å². The first-order valence-corrected chi connectivity index (χ1v) is 7.76. The van der Waals surface area contributed by atoms with E-state index in [-0.39, 0.29) is 5.91 Å². The van der Waals surface area contributed by atoms with E-state index >= 15 is 0 Å². The van der Waals surface area contributed by atoms with E-state index in [4.69, 9.17) is 4.74 Å². The molecule has 4 nitrogen and oxygen atoms in total. The van der Waals surface area contributed by atoms with Crippen molar-refractivity contribution in [3.8, 4) is 5.75 Å². The minimum Gasteiger partial charge on any atom is -0.497 e. The standard InChI is InChI=1S/C17H26N2O2/c1-13(2)9-10-19(15-7-8-15)12-17(20)18-14-5-4-6-16(11-14)21-3/h4-6,11,13,15H,7-10,12H2,1-3H3,(H,18,20). The summed E-state index contributed by atoms with van der Waals surface area (Å²) in [5.74, 6) is 1.48. The summed E-state index contributed by atoms with van der Waals surface area (Å²) in [5.41, 5.74) is 0.791. The normalized spacial score (nSPS) is 14.5. The second-order valence-electron chi connectivity index (χ2n) is 6.16. The van der Waals surface area contributed by atoms with Crippen LogP contribution in [0.3, 0.4) is 0 Å². The lowest BCUT2D eigenvalue weighted by Gasteiger charge is -2.22. The van der Waals surface area contributed by atoms with Crippen LogP contribution in [-0.4, -0.2) is 37.0 Å². The lowest BCUT2D eigenvalue weighted by molar-refractivity contribution is -0.117. The second-order valence-corrected chi connectivity index (χ2v) is 6.16. The fourth-order valence-electron chi connectivity index (χ4n) is 2.34. The molecule has 0 atom stereocenters. The van der Waals surface area contributed by atoms with Gasteiger partial charge in [-0.1, -0.05) is 19.9 Å². The van der Waals surface area contributed by atoms with Gasteiger partial charge in [0.2, 0.25) is 5.91 Å². The number of hydrogen-bond acceptors (Lipinski definition) is 3. The predicted molar refractivity (Wildman–Crippen MR) is 85.7 cm³/mol. The molecule has 0 bridgehead atoms. The second kappa shape index (κ2) is 7.46. The number of carbonyl (C=O) groups is 1. The van der Waals surface area contributed by atoms with Gasteiger partial charge in [-0.05, 0) is 43.9 Å². The highest BCUT2D eigenvalue weighted by Crippen LogP contribution is 2.27. The monoisotopic (exact) mass is 290 g/mol. The van der Waals surface area contributed by atoms with Crippen LogP contribution >= 0.6 is 0 Å². The van der Waals surface area contributed by atoms with Crippen molar-refractivity contribution in [3.63, 3.8) is 0 Å². The van der Waals surface area contributed by atoms with E-state index in [2.05, 4.69) is 24.1 Å². The van der Waals surface area contributed by atoms with Crippen LogP contribution in [0.25, 0.3) is 0 Å². The SMILES string of the molecule is COc1cccc(NC(=O)CN(CCC(C)C)C2CC2)c1. The van der Waals surface area contributed by atoms with E-state index < -0.39 is 0 Å². The molecule has 1 saturated carbocycles. The van der Waals surface area contributed by atoms with Crippen LogP contribution < -0.4 is 10.1 Å². The van der Waals surface area contributed by atoms with Gasteiger partial charge in [-0.15, -0.1) is 0 Å². The predicted octanol–water partition coefficient (Wildman–Crippen LogP) is 3.14. The lowest BCUT2D eigenvalue weighted by Crippen LogP contribution is -2.36. The first-order valence-electron chi connectivity index (χ1n) is 7.76. The maximum Gasteiger partial charge on any atom is 0.238 e. The van der Waals surface area contributed by atoms with Gasteiger partial charge < -0.3 is 10.1 Å². The zero-order chi connectivity index (χ0) is 15.2. The molecule has 116 valence electrons. The molecular formula is C17H26N2O2. The van der Waals surface area contributed by atoms with Crippen LogP contribution in [0.2, 0.25) is 0 Å². The zero-order valence-electron chi connectivity index (χ0n) is 13.3. The Morgan fingerprint density at radius 1 is 1.43 bits per heavy atom. The number of benzene rings is 1. The molecule has 0 aromatic heterocycles. The van der Waals surface area contributed by atoms with Gasteiger partial charge in [0.1, 0.15) is 5.75 Å². The molecule has 2 rings (SSSR count). The Labute approximate surface area is 127 Å². The summed E-state index contributed by atoms with van der Waals surface area (Å²) in [4.78, 5) is 14.5. The largest absolute Gasteiger partial charge is 0.497 e. The maximum atomic E-state index is 12.2. The Hall–Kier alpha value is -1.55. The molecule has 1 N–H and O–H groups in total. The minimum atomic E-state index is 0.0545. The fourth-order valence-corrected chi connectivity index (χ4v) is 2.34. The van der Waals surface area contributed by atoms with Crippen molar-refractivity contribution in [2.24, 2.45) is 5.92 Å². The van der Waals surface area contributed by atoms with Gasteiger partial charge in [0.15, 0.2) is 0 Å². The van der Waals surface area contributed by atoms with Crippen molar-refractivity contribution in [1.82, 2.24) is 4.90 Å². The molecule has 1 aliphatic rings. The topological polar surface area (TPSA) is 41.6 Å². The highest BCUT2D eigenvalue weighted by atomic mass is 16.5. The average Bonchev–Trinajstić information content (AvgIpc) is 3.28. The minimum absolute atomic E-state index is 0.0545. The molecule has 21 heavy (non-hydrogen) atoms. The number of rotatable bonds is 8. The van der Waals surface area contributed by atoms with Crippen molar-refractivity contribution in [2.75, 3.05) is 25.5 Å². The van der Waals surface area contributed by atoms with Crippen LogP contribution in [-0.2, 0) is 4.79 Å². The number of nitrogens with one attached hydrogen (secondary N) is 1. The first kappa shape index (κ1) is 15.8. The Kier molecular flexibility index (Phi) is 5.62. The molecule has 0 radical (unpaired) electrons. The third-order valence-electron chi connectivity index (χ3n) is 3.76. The molecular weight excluding hydrogens is 264 g/mol. The maximum absolute atomic E-state index is 12.2. The van der Waals surface area contributed by atoms with E-state index in [1.54, 1.807) is 7.11 Å². The zero-order valence-corrected chi connectivity index (χ0v) is 13.3. The number of anilines is 1. The van der Waals surface area contributed by atoms with E-state index in [0.717, 1.165) is 24.4 Å². The van der Waals surface area contributed by atoms with Crippen molar-refractivity contribution in [2.45, 2.75) is 39.2 Å². The number of hydrogen-bond donors (Lipinski definition) is 1. The first-order chi connectivity index (χ1) is 10.1. The number of amides is 1. The van der Waals surface area contributed by atoms with Gasteiger partial charge in [-0.2, -0.15) is 0 Å². The van der Waals surface area contributed by atoms with Crippen LogP contribution in [0.4, 0.5) is 5.69 Å². The van der Waals surface area contributed by atoms with Crippen molar-refractivity contribution >= 4 is 11.6 Å². The molecule has 0 aliphatic heterocycles. The molecule has 1 fully saturated rings. The van der Waals surface area contributed by atoms with Gasteiger partial charge in [-0.3, -0.25) is 9.69 Å². The summed E-state index contributed by atoms with van der Waals surface area (Å²) >= 11 is 0. The molecule has 4 heteroatoms. The van der Waals surface area contributed by atoms with Crippen molar-refractivity contribution in [1.29, 1.82) is 0 Å². The van der Waals surface area contributed by atoms with Crippen molar-refractivity contribution < 1.29 is 9.53 Å². The average molecular weight is 290 g/mol. The van der Waals surface area contributed by atoms with Gasteiger partial charge in [0.05, 0.1) is 13.7 Å². The molecule has 0 unspecified atom stereocenters. The van der Waals surface area contributed by atoms with Crippen LogP contribution in [0.15, 0.2) is 24.3 Å². The number of nitrogens with zero attached hydrogens (tertiary/aromatic N) is 1. The molecule has 0 saturated heterocycles. The van der Waals surface area contributed by atoms with Gasteiger partial charge in [-0.25, -0.2) is 0 Å². The van der Waals surface area contributed by atoms with Crippen LogP contribution in [0, 0.1) is 5.92 Å². The summed E-state index contributed by atoms with van der Waals surface area (Å²) in [6.07, 6.45) is 3.60. The summed E-state index contributed by atoms with van der Waals surface area (Å²) in [7, 11) is 1.63. The number of carbonyl (C=O) groups excluding carboxylic acids is 1. The smallest absolute Gasteiger partial charge is 0.238 e. The van der Waals surface area contributed by atoms with E-state index in [1.165, 1.54) is 12.8 Å². The summed E-state index contributed by atoms with van der Waals surface area (Å²) in [6, 6.07) is 8.09. The van der Waals surface area contributed by atoms with Gasteiger partial charge in [0, 0.05) is 17.8 Å². The highest BCUT2D eigenvalue weighted by molar-refractivity contribution is 5.92. The molecule has 1 aromatic carbocycles. The van der Waals surface area contributed by atoms with Crippen LogP contribution in [0.1, 0.15) is 33.1 Å². The lowest BCUT2D eigenvalue weighted by atomic mass is 10.1. The van der Waals surface area contributed by atoms with E-state index in [1.807, 2.05) is 24.3 Å². The van der Waals surface area contributed by atoms with E-state index in [9.17, 15) is 4.79 Å². The third kappa shape index (κ3) is 5.38.